The molecule has 1 fully saturated rings. The number of piperidine rings is 1. The van der Waals surface area contributed by atoms with Gasteiger partial charge < -0.3 is 20.1 Å². The molecule has 1 aromatic heterocycles. The van der Waals surface area contributed by atoms with Crippen LogP contribution in [0.15, 0.2) is 36.4 Å². The number of benzene rings is 2. The van der Waals surface area contributed by atoms with Crippen molar-refractivity contribution in [1.29, 1.82) is 0 Å². The lowest BCUT2D eigenvalue weighted by molar-refractivity contribution is 0.355. The quantitative estimate of drug-likeness (QED) is 0.757. The summed E-state index contributed by atoms with van der Waals surface area (Å²) in [4.78, 5) is 11.3. The Kier molecular flexibility index (Phi) is 4.71. The van der Waals surface area contributed by atoms with Crippen molar-refractivity contribution in [2.24, 2.45) is 0 Å². The molecule has 2 heterocycles. The van der Waals surface area contributed by atoms with Gasteiger partial charge in [0.25, 0.3) is 0 Å². The Morgan fingerprint density at radius 3 is 2.30 bits per heavy atom. The lowest BCUT2D eigenvalue weighted by Gasteiger charge is -2.28. The molecule has 0 atom stereocenters. The number of ether oxygens (including phenoxy) is 2. The van der Waals surface area contributed by atoms with Crippen molar-refractivity contribution in [2.45, 2.75) is 19.3 Å². The highest BCUT2D eigenvalue weighted by molar-refractivity contribution is 5.94. The fraction of sp³-hybridized carbons (Fsp3) is 0.333. The normalized spacial score (nSPS) is 14.4. The predicted octanol–water partition coefficient (Wildman–Crippen LogP) is 3.89. The van der Waals surface area contributed by atoms with Gasteiger partial charge in [-0.3, -0.25) is 0 Å². The number of nitrogens with zero attached hydrogens (tertiary/aromatic N) is 3. The van der Waals surface area contributed by atoms with Gasteiger partial charge in [0, 0.05) is 18.5 Å². The number of methoxy groups -OCH3 is 2. The molecule has 6 heteroatoms. The van der Waals surface area contributed by atoms with Crippen LogP contribution in [0.4, 0.5) is 11.8 Å². The lowest BCUT2D eigenvalue weighted by Crippen LogP contribution is -2.30. The van der Waals surface area contributed by atoms with E-state index in [2.05, 4.69) is 27.0 Å². The van der Waals surface area contributed by atoms with Gasteiger partial charge in [-0.2, -0.15) is 4.98 Å². The maximum Gasteiger partial charge on any atom is 0.222 e. The SMILES string of the molecule is COc1ccc(-c2ccc3nc(N)nc(N4CCCCC4)c3c2)cc1OC. The Morgan fingerprint density at radius 1 is 0.852 bits per heavy atom. The van der Waals surface area contributed by atoms with E-state index < -0.39 is 0 Å². The van der Waals surface area contributed by atoms with Gasteiger partial charge in [0.15, 0.2) is 11.5 Å². The summed E-state index contributed by atoms with van der Waals surface area (Å²) in [5.74, 6) is 2.67. The second kappa shape index (κ2) is 7.31. The maximum absolute atomic E-state index is 5.97. The largest absolute Gasteiger partial charge is 0.493 e. The van der Waals surface area contributed by atoms with Crippen molar-refractivity contribution in [3.8, 4) is 22.6 Å². The summed E-state index contributed by atoms with van der Waals surface area (Å²) >= 11 is 0. The van der Waals surface area contributed by atoms with Gasteiger partial charge >= 0.3 is 0 Å². The van der Waals surface area contributed by atoms with Crippen LogP contribution in [0.25, 0.3) is 22.0 Å². The molecule has 0 saturated carbocycles. The first-order chi connectivity index (χ1) is 13.2. The van der Waals surface area contributed by atoms with Gasteiger partial charge in [-0.25, -0.2) is 4.98 Å². The van der Waals surface area contributed by atoms with Crippen LogP contribution in [0.5, 0.6) is 11.5 Å². The number of nitrogen functional groups attached to an aromatic ring is 1. The van der Waals surface area contributed by atoms with Crippen molar-refractivity contribution >= 4 is 22.7 Å². The van der Waals surface area contributed by atoms with Crippen LogP contribution >= 0.6 is 0 Å². The van der Waals surface area contributed by atoms with Crippen molar-refractivity contribution < 1.29 is 9.47 Å². The zero-order chi connectivity index (χ0) is 18.8. The fourth-order valence-corrected chi connectivity index (χ4v) is 3.67. The highest BCUT2D eigenvalue weighted by atomic mass is 16.5. The zero-order valence-electron chi connectivity index (χ0n) is 15.7. The first-order valence-electron chi connectivity index (χ1n) is 9.24. The van der Waals surface area contributed by atoms with Crippen LogP contribution in [0, 0.1) is 0 Å². The highest BCUT2D eigenvalue weighted by Crippen LogP contribution is 2.35. The van der Waals surface area contributed by atoms with Crippen LogP contribution < -0.4 is 20.1 Å². The summed E-state index contributed by atoms with van der Waals surface area (Å²) in [6, 6.07) is 12.1. The molecule has 6 nitrogen and oxygen atoms in total. The van der Waals surface area contributed by atoms with Gasteiger partial charge in [0.1, 0.15) is 5.82 Å². The van der Waals surface area contributed by atoms with Gasteiger partial charge in [0.05, 0.1) is 19.7 Å². The molecule has 0 radical (unpaired) electrons. The molecule has 0 aliphatic carbocycles. The van der Waals surface area contributed by atoms with Crippen LogP contribution in [0.1, 0.15) is 19.3 Å². The van der Waals surface area contributed by atoms with Crippen LogP contribution in [-0.2, 0) is 0 Å². The van der Waals surface area contributed by atoms with Crippen LogP contribution in [0.2, 0.25) is 0 Å². The molecule has 2 aromatic carbocycles. The summed E-state index contributed by atoms with van der Waals surface area (Å²) in [7, 11) is 3.29. The number of rotatable bonds is 4. The topological polar surface area (TPSA) is 73.5 Å². The van der Waals surface area contributed by atoms with E-state index in [9.17, 15) is 0 Å². The number of hydrogen-bond acceptors (Lipinski definition) is 6. The number of fused-ring (bicyclic) bond motifs is 1. The van der Waals surface area contributed by atoms with E-state index in [0.29, 0.717) is 17.4 Å². The Bertz CT molecular complexity index is 968. The summed E-state index contributed by atoms with van der Waals surface area (Å²) in [5.41, 5.74) is 8.97. The molecule has 1 aliphatic rings. The summed E-state index contributed by atoms with van der Waals surface area (Å²) < 4.78 is 10.8. The molecular formula is C21H24N4O2. The second-order valence-electron chi connectivity index (χ2n) is 6.75. The maximum atomic E-state index is 5.97. The third-order valence-corrected chi connectivity index (χ3v) is 5.07. The number of aromatic nitrogens is 2. The molecule has 1 aliphatic heterocycles. The minimum atomic E-state index is 0.321. The van der Waals surface area contributed by atoms with Crippen LogP contribution in [0.3, 0.4) is 0 Å². The van der Waals surface area contributed by atoms with Gasteiger partial charge in [0.2, 0.25) is 5.95 Å². The number of nitrogens with two attached hydrogens (primary N) is 1. The highest BCUT2D eigenvalue weighted by Gasteiger charge is 2.17. The first-order valence-corrected chi connectivity index (χ1v) is 9.24. The minimum absolute atomic E-state index is 0.321. The summed E-state index contributed by atoms with van der Waals surface area (Å²) in [5, 5.41) is 1.03. The Hall–Kier alpha value is -3.02. The molecule has 0 unspecified atom stereocenters. The minimum Gasteiger partial charge on any atom is -0.493 e. The van der Waals surface area contributed by atoms with Crippen molar-refractivity contribution in [3.63, 3.8) is 0 Å². The molecule has 3 aromatic rings. The standard InChI is InChI=1S/C21H24N4O2/c1-26-18-9-7-15(13-19(18)27-2)14-6-8-17-16(12-14)20(24-21(22)23-17)25-10-4-3-5-11-25/h6-9,12-13H,3-5,10-11H2,1-2H3,(H2,22,23,24). The molecule has 0 spiro atoms. The summed E-state index contributed by atoms with van der Waals surface area (Å²) in [6.07, 6.45) is 3.63. The molecule has 0 amide bonds. The smallest absolute Gasteiger partial charge is 0.222 e. The van der Waals surface area contributed by atoms with Crippen molar-refractivity contribution in [1.82, 2.24) is 9.97 Å². The Labute approximate surface area is 158 Å². The predicted molar refractivity (Wildman–Crippen MR) is 109 cm³/mol. The fourth-order valence-electron chi connectivity index (χ4n) is 3.67. The van der Waals surface area contributed by atoms with E-state index in [0.717, 1.165) is 40.9 Å². The lowest BCUT2D eigenvalue weighted by atomic mass is 10.0. The first kappa shape index (κ1) is 17.4. The molecule has 27 heavy (non-hydrogen) atoms. The molecule has 2 N–H and O–H groups in total. The van der Waals surface area contributed by atoms with E-state index in [1.807, 2.05) is 24.3 Å². The molecule has 4 rings (SSSR count). The number of hydrogen-bond donors (Lipinski definition) is 1. The van der Waals surface area contributed by atoms with Crippen molar-refractivity contribution in [3.05, 3.63) is 36.4 Å². The van der Waals surface area contributed by atoms with Gasteiger partial charge in [-0.15, -0.1) is 0 Å². The average Bonchev–Trinajstić information content (AvgIpc) is 2.73. The molecule has 140 valence electrons. The Balaban J connectivity index is 1.82. The van der Waals surface area contributed by atoms with E-state index in [-0.39, 0.29) is 0 Å². The second-order valence-corrected chi connectivity index (χ2v) is 6.75. The van der Waals surface area contributed by atoms with Gasteiger partial charge in [-0.05, 0) is 54.7 Å². The zero-order valence-corrected chi connectivity index (χ0v) is 15.7. The average molecular weight is 364 g/mol. The third kappa shape index (κ3) is 3.35. The van der Waals surface area contributed by atoms with E-state index in [1.165, 1.54) is 19.3 Å². The van der Waals surface area contributed by atoms with E-state index in [1.54, 1.807) is 14.2 Å². The Morgan fingerprint density at radius 2 is 1.56 bits per heavy atom. The monoisotopic (exact) mass is 364 g/mol. The van der Waals surface area contributed by atoms with E-state index >= 15 is 0 Å². The van der Waals surface area contributed by atoms with Crippen molar-refractivity contribution in [2.75, 3.05) is 37.9 Å². The molecule has 1 saturated heterocycles. The van der Waals surface area contributed by atoms with Gasteiger partial charge in [-0.1, -0.05) is 12.1 Å². The molecular weight excluding hydrogens is 340 g/mol. The summed E-state index contributed by atoms with van der Waals surface area (Å²) in [6.45, 7) is 2.01. The van der Waals surface area contributed by atoms with E-state index in [4.69, 9.17) is 15.2 Å². The molecule has 0 bridgehead atoms. The number of anilines is 2. The van der Waals surface area contributed by atoms with Crippen LogP contribution in [-0.4, -0.2) is 37.3 Å². The third-order valence-electron chi connectivity index (χ3n) is 5.07.